The molecule has 0 aromatic carbocycles. The Hall–Kier alpha value is 0. The summed E-state index contributed by atoms with van der Waals surface area (Å²) in [6.07, 6.45) is 7.39. The van der Waals surface area contributed by atoms with E-state index in [1.807, 2.05) is 0 Å². The van der Waals surface area contributed by atoms with Crippen molar-refractivity contribution in [1.29, 1.82) is 0 Å². The molecule has 1 spiro atoms. The molecule has 3 aliphatic rings. The van der Waals surface area contributed by atoms with Crippen LogP contribution in [-0.2, 0) is 0 Å². The highest BCUT2D eigenvalue weighted by molar-refractivity contribution is 5.31. The maximum Gasteiger partial charge on any atom is -0.0175 e. The molecule has 0 N–H and O–H groups in total. The van der Waals surface area contributed by atoms with Crippen molar-refractivity contribution in [3.05, 3.63) is 0 Å². The van der Waals surface area contributed by atoms with Gasteiger partial charge in [-0.3, -0.25) is 0 Å². The van der Waals surface area contributed by atoms with Gasteiger partial charge in [0.2, 0.25) is 0 Å². The van der Waals surface area contributed by atoms with Crippen LogP contribution in [0.1, 0.15) is 59.8 Å². The van der Waals surface area contributed by atoms with Gasteiger partial charge < -0.3 is 0 Å². The monoisotopic (exact) mass is 206 g/mol. The van der Waals surface area contributed by atoms with Crippen molar-refractivity contribution in [2.45, 2.75) is 59.8 Å². The van der Waals surface area contributed by atoms with Crippen LogP contribution in [0.15, 0.2) is 0 Å². The van der Waals surface area contributed by atoms with Gasteiger partial charge in [0, 0.05) is 0 Å². The molecule has 0 radical (unpaired) electrons. The van der Waals surface area contributed by atoms with E-state index in [0.29, 0.717) is 5.41 Å². The molecule has 6 unspecified atom stereocenters. The Morgan fingerprint density at radius 2 is 2.00 bits per heavy atom. The van der Waals surface area contributed by atoms with E-state index < -0.39 is 0 Å². The lowest BCUT2D eigenvalue weighted by Gasteiger charge is -2.53. The van der Waals surface area contributed by atoms with Gasteiger partial charge in [-0.15, -0.1) is 0 Å². The van der Waals surface area contributed by atoms with Crippen LogP contribution in [0.25, 0.3) is 0 Å². The molecular formula is C15H26. The van der Waals surface area contributed by atoms with E-state index in [4.69, 9.17) is 0 Å². The second-order valence-electron chi connectivity index (χ2n) is 6.91. The molecule has 3 fully saturated rings. The van der Waals surface area contributed by atoms with Crippen LogP contribution in [0.4, 0.5) is 0 Å². The van der Waals surface area contributed by atoms with Crippen molar-refractivity contribution >= 4 is 0 Å². The maximum absolute atomic E-state index is 2.58. The lowest BCUT2D eigenvalue weighted by atomic mass is 9.51. The minimum absolute atomic E-state index is 0.683. The summed E-state index contributed by atoms with van der Waals surface area (Å²) in [4.78, 5) is 0. The van der Waals surface area contributed by atoms with Gasteiger partial charge in [0.1, 0.15) is 0 Å². The van der Waals surface area contributed by atoms with E-state index in [1.165, 1.54) is 19.3 Å². The molecule has 0 amide bonds. The predicted molar refractivity (Wildman–Crippen MR) is 64.6 cm³/mol. The molecular weight excluding hydrogens is 180 g/mol. The fourth-order valence-corrected chi connectivity index (χ4v) is 5.81. The molecule has 3 aliphatic carbocycles. The average molecular weight is 206 g/mol. The second kappa shape index (κ2) is 2.81. The summed E-state index contributed by atoms with van der Waals surface area (Å²) in [5.74, 6) is 4.49. The number of rotatable bonds is 4. The fourth-order valence-electron chi connectivity index (χ4n) is 5.81. The van der Waals surface area contributed by atoms with Gasteiger partial charge in [-0.25, -0.2) is 0 Å². The second-order valence-corrected chi connectivity index (χ2v) is 6.91. The summed E-state index contributed by atoms with van der Waals surface area (Å²) < 4.78 is 0. The molecule has 0 aromatic heterocycles. The highest BCUT2D eigenvalue weighted by Crippen LogP contribution is 2.89. The number of hydrogen-bond donors (Lipinski definition) is 0. The average Bonchev–Trinajstić information content (AvgIpc) is 2.84. The summed E-state index contributed by atoms with van der Waals surface area (Å²) in [6.45, 7) is 9.88. The third-order valence-corrected chi connectivity index (χ3v) is 6.59. The molecule has 0 bridgehead atoms. The van der Waals surface area contributed by atoms with Crippen molar-refractivity contribution in [3.8, 4) is 0 Å². The Bertz CT molecular complexity index is 276. The summed E-state index contributed by atoms with van der Waals surface area (Å²) in [6, 6.07) is 0. The minimum atomic E-state index is 0.683. The van der Waals surface area contributed by atoms with Crippen LogP contribution in [0.2, 0.25) is 0 Å². The minimum Gasteiger partial charge on any atom is -0.0654 e. The molecule has 3 saturated carbocycles. The summed E-state index contributed by atoms with van der Waals surface area (Å²) in [5, 5.41) is 0. The Balaban J connectivity index is 1.79. The summed E-state index contributed by atoms with van der Waals surface area (Å²) in [7, 11) is 0. The molecule has 6 atom stereocenters. The van der Waals surface area contributed by atoms with Crippen molar-refractivity contribution in [3.63, 3.8) is 0 Å². The van der Waals surface area contributed by atoms with Gasteiger partial charge in [-0.2, -0.15) is 0 Å². The normalized spacial score (nSPS) is 54.4. The van der Waals surface area contributed by atoms with E-state index in [0.717, 1.165) is 29.1 Å². The van der Waals surface area contributed by atoms with Crippen molar-refractivity contribution < 1.29 is 0 Å². The zero-order valence-corrected chi connectivity index (χ0v) is 10.8. The smallest absolute Gasteiger partial charge is 0.0175 e. The van der Waals surface area contributed by atoms with Gasteiger partial charge in [0.15, 0.2) is 0 Å². The van der Waals surface area contributed by atoms with Gasteiger partial charge in [-0.1, -0.05) is 40.5 Å². The van der Waals surface area contributed by atoms with Crippen molar-refractivity contribution in [2.75, 3.05) is 0 Å². The van der Waals surface area contributed by atoms with Gasteiger partial charge >= 0.3 is 0 Å². The van der Waals surface area contributed by atoms with Gasteiger partial charge in [0.25, 0.3) is 0 Å². The van der Waals surface area contributed by atoms with E-state index in [-0.39, 0.29) is 0 Å². The zero-order chi connectivity index (χ0) is 10.8. The first-order chi connectivity index (χ1) is 7.11. The standard InChI is InChI=1S/C15H26/c1-5-7-14(4,6-2)13-12-9-11-8-10(3)15(11,12)13/h10-13H,5-9H2,1-4H3. The van der Waals surface area contributed by atoms with E-state index in [1.54, 1.807) is 12.8 Å². The first-order valence-electron chi connectivity index (χ1n) is 7.11. The Morgan fingerprint density at radius 3 is 2.40 bits per heavy atom. The predicted octanol–water partition coefficient (Wildman–Crippen LogP) is 4.49. The maximum atomic E-state index is 2.58. The summed E-state index contributed by atoms with van der Waals surface area (Å²) >= 11 is 0. The Morgan fingerprint density at radius 1 is 1.27 bits per heavy atom. The van der Waals surface area contributed by atoms with Crippen LogP contribution in [0.3, 0.4) is 0 Å². The Labute approximate surface area is 94.8 Å². The van der Waals surface area contributed by atoms with E-state index in [9.17, 15) is 0 Å². The molecule has 0 aromatic rings. The molecule has 0 aliphatic heterocycles. The van der Waals surface area contributed by atoms with Crippen LogP contribution < -0.4 is 0 Å². The Kier molecular flexibility index (Phi) is 1.91. The van der Waals surface area contributed by atoms with Crippen LogP contribution in [0.5, 0.6) is 0 Å². The highest BCUT2D eigenvalue weighted by Gasteiger charge is 2.84. The first-order valence-corrected chi connectivity index (χ1v) is 7.11. The summed E-state index contributed by atoms with van der Waals surface area (Å²) in [5.41, 5.74) is 1.57. The molecule has 0 heteroatoms. The highest BCUT2D eigenvalue weighted by atomic mass is 14.9. The molecule has 15 heavy (non-hydrogen) atoms. The molecule has 3 rings (SSSR count). The molecule has 0 saturated heterocycles. The lowest BCUT2D eigenvalue weighted by molar-refractivity contribution is -0.0489. The van der Waals surface area contributed by atoms with Crippen LogP contribution in [-0.4, -0.2) is 0 Å². The largest absolute Gasteiger partial charge is 0.0654 e. The van der Waals surface area contributed by atoms with Crippen molar-refractivity contribution in [2.24, 2.45) is 34.5 Å². The SMILES string of the molecule is CCCC(C)(CC)C1C2CC3CC(C)C321. The molecule has 0 heterocycles. The zero-order valence-electron chi connectivity index (χ0n) is 10.8. The van der Waals surface area contributed by atoms with Gasteiger partial charge in [0.05, 0.1) is 0 Å². The third kappa shape index (κ3) is 0.913. The fraction of sp³-hybridized carbons (Fsp3) is 1.00. The van der Waals surface area contributed by atoms with E-state index in [2.05, 4.69) is 27.7 Å². The van der Waals surface area contributed by atoms with Crippen LogP contribution in [0, 0.1) is 34.5 Å². The first kappa shape index (κ1) is 10.2. The lowest BCUT2D eigenvalue weighted by Crippen LogP contribution is -2.46. The molecule has 0 nitrogen and oxygen atoms in total. The third-order valence-electron chi connectivity index (χ3n) is 6.59. The quantitative estimate of drug-likeness (QED) is 0.635. The van der Waals surface area contributed by atoms with Gasteiger partial charge in [-0.05, 0) is 53.8 Å². The topological polar surface area (TPSA) is 0 Å². The number of hydrogen-bond acceptors (Lipinski definition) is 0. The van der Waals surface area contributed by atoms with E-state index >= 15 is 0 Å². The van der Waals surface area contributed by atoms with Crippen molar-refractivity contribution in [1.82, 2.24) is 0 Å². The molecule has 86 valence electrons. The van der Waals surface area contributed by atoms with Crippen LogP contribution >= 0.6 is 0 Å².